The largest absolute Gasteiger partial charge is 0.481 e. The fourth-order valence-corrected chi connectivity index (χ4v) is 2.07. The third-order valence-electron chi connectivity index (χ3n) is 3.11. The van der Waals surface area contributed by atoms with Crippen molar-refractivity contribution in [3.05, 3.63) is 52.4 Å². The lowest BCUT2D eigenvalue weighted by Gasteiger charge is -2.16. The second kappa shape index (κ2) is 6.68. The van der Waals surface area contributed by atoms with Crippen molar-refractivity contribution in [3.63, 3.8) is 0 Å². The summed E-state index contributed by atoms with van der Waals surface area (Å²) in [5.74, 6) is 1.14. The van der Waals surface area contributed by atoms with Crippen LogP contribution in [0, 0.1) is 13.8 Å². The van der Waals surface area contributed by atoms with Gasteiger partial charge in [0.25, 0.3) is 5.91 Å². The van der Waals surface area contributed by atoms with Crippen molar-refractivity contribution in [1.29, 1.82) is 0 Å². The van der Waals surface area contributed by atoms with Gasteiger partial charge >= 0.3 is 0 Å². The summed E-state index contributed by atoms with van der Waals surface area (Å²) in [4.78, 5) is 12.0. The molecule has 1 atom stereocenters. The average Bonchev–Trinajstić information content (AvgIpc) is 2.95. The van der Waals surface area contributed by atoms with Crippen molar-refractivity contribution in [3.8, 4) is 5.75 Å². The first kappa shape index (κ1) is 15.4. The van der Waals surface area contributed by atoms with Crippen LogP contribution < -0.4 is 10.1 Å². The molecule has 0 bridgehead atoms. The molecule has 112 valence electrons. The number of benzene rings is 1. The second-order valence-corrected chi connectivity index (χ2v) is 5.31. The minimum Gasteiger partial charge on any atom is -0.481 e. The Hall–Kier alpha value is -1.94. The van der Waals surface area contributed by atoms with Crippen LogP contribution in [0.1, 0.15) is 23.8 Å². The maximum atomic E-state index is 12.0. The van der Waals surface area contributed by atoms with Gasteiger partial charge in [-0.05, 0) is 56.2 Å². The lowest BCUT2D eigenvalue weighted by molar-refractivity contribution is -0.127. The highest BCUT2D eigenvalue weighted by atomic mass is 35.5. The number of aryl methyl sites for hydroxylation is 2. The van der Waals surface area contributed by atoms with Crippen LogP contribution in [0.15, 0.2) is 34.9 Å². The number of carbonyl (C=O) groups excluding carboxylic acids is 1. The summed E-state index contributed by atoms with van der Waals surface area (Å²) in [5.41, 5.74) is 1.85. The topological polar surface area (TPSA) is 51.5 Å². The number of carbonyl (C=O) groups is 1. The minimum atomic E-state index is -0.597. The van der Waals surface area contributed by atoms with Crippen LogP contribution in [0.4, 0.5) is 0 Å². The number of nitrogens with one attached hydrogen (secondary N) is 1. The molecule has 0 saturated carbocycles. The highest BCUT2D eigenvalue weighted by molar-refractivity contribution is 6.32. The maximum Gasteiger partial charge on any atom is 0.261 e. The molecule has 0 fully saturated rings. The van der Waals surface area contributed by atoms with Crippen molar-refractivity contribution in [2.75, 3.05) is 0 Å². The zero-order chi connectivity index (χ0) is 15.4. The molecule has 0 aliphatic carbocycles. The summed E-state index contributed by atoms with van der Waals surface area (Å²) in [5, 5.41) is 3.48. The minimum absolute atomic E-state index is 0.198. The molecule has 0 radical (unpaired) electrons. The standard InChI is InChI=1S/C16H18ClNO3/c1-10-7-14(8-11(2)15(10)17)21-12(3)16(19)18-9-13-5-4-6-20-13/h4-8,12H,9H2,1-3H3,(H,18,19). The van der Waals surface area contributed by atoms with E-state index in [1.165, 1.54) is 0 Å². The predicted octanol–water partition coefficient (Wildman–Crippen LogP) is 3.63. The van der Waals surface area contributed by atoms with Gasteiger partial charge in [-0.1, -0.05) is 11.6 Å². The van der Waals surface area contributed by atoms with Crippen LogP contribution in [0.5, 0.6) is 5.75 Å². The zero-order valence-corrected chi connectivity index (χ0v) is 13.0. The van der Waals surface area contributed by atoms with Gasteiger partial charge in [-0.25, -0.2) is 0 Å². The molecule has 0 aliphatic heterocycles. The molecule has 4 nitrogen and oxygen atoms in total. The molecule has 1 heterocycles. The number of ether oxygens (including phenoxy) is 1. The van der Waals surface area contributed by atoms with E-state index < -0.39 is 6.10 Å². The molecule has 0 aliphatic rings. The van der Waals surface area contributed by atoms with E-state index in [-0.39, 0.29) is 5.91 Å². The van der Waals surface area contributed by atoms with Crippen LogP contribution >= 0.6 is 11.6 Å². The molecule has 1 aromatic carbocycles. The predicted molar refractivity (Wildman–Crippen MR) is 81.6 cm³/mol. The molecule has 2 rings (SSSR count). The average molecular weight is 308 g/mol. The fourth-order valence-electron chi connectivity index (χ4n) is 1.96. The van der Waals surface area contributed by atoms with Crippen molar-refractivity contribution >= 4 is 17.5 Å². The number of halogens is 1. The molecule has 1 amide bonds. The third kappa shape index (κ3) is 4.02. The number of hydrogen-bond donors (Lipinski definition) is 1. The highest BCUT2D eigenvalue weighted by Gasteiger charge is 2.15. The van der Waals surface area contributed by atoms with E-state index >= 15 is 0 Å². The van der Waals surface area contributed by atoms with Crippen LogP contribution in [-0.4, -0.2) is 12.0 Å². The Kier molecular flexibility index (Phi) is 4.91. The molecule has 1 unspecified atom stereocenters. The van der Waals surface area contributed by atoms with Gasteiger partial charge in [-0.2, -0.15) is 0 Å². The van der Waals surface area contributed by atoms with E-state index in [9.17, 15) is 4.79 Å². The quantitative estimate of drug-likeness (QED) is 0.917. The molecule has 0 spiro atoms. The molecule has 1 aromatic heterocycles. The first-order chi connectivity index (χ1) is 9.97. The van der Waals surface area contributed by atoms with E-state index in [4.69, 9.17) is 20.8 Å². The normalized spacial score (nSPS) is 12.0. The van der Waals surface area contributed by atoms with Gasteiger partial charge < -0.3 is 14.5 Å². The van der Waals surface area contributed by atoms with E-state index in [1.807, 2.05) is 26.0 Å². The summed E-state index contributed by atoms with van der Waals surface area (Å²) < 4.78 is 10.8. The maximum absolute atomic E-state index is 12.0. The molecule has 2 aromatic rings. The molecule has 21 heavy (non-hydrogen) atoms. The SMILES string of the molecule is Cc1cc(OC(C)C(=O)NCc2ccco2)cc(C)c1Cl. The van der Waals surface area contributed by atoms with Gasteiger partial charge in [0.1, 0.15) is 11.5 Å². The van der Waals surface area contributed by atoms with E-state index in [0.717, 1.165) is 16.1 Å². The van der Waals surface area contributed by atoms with Gasteiger partial charge in [-0.15, -0.1) is 0 Å². The molecule has 0 saturated heterocycles. The van der Waals surface area contributed by atoms with Crippen molar-refractivity contribution < 1.29 is 13.9 Å². The lowest BCUT2D eigenvalue weighted by atomic mass is 10.1. The number of amides is 1. The van der Waals surface area contributed by atoms with Crippen molar-refractivity contribution in [1.82, 2.24) is 5.32 Å². The lowest BCUT2D eigenvalue weighted by Crippen LogP contribution is -2.35. The third-order valence-corrected chi connectivity index (χ3v) is 3.71. The van der Waals surface area contributed by atoms with E-state index in [2.05, 4.69) is 5.32 Å². The summed E-state index contributed by atoms with van der Waals surface area (Å²) in [6.07, 6.45) is 0.973. The smallest absolute Gasteiger partial charge is 0.261 e. The molecular weight excluding hydrogens is 290 g/mol. The Bertz CT molecular complexity index is 599. The summed E-state index contributed by atoms with van der Waals surface area (Å²) in [7, 11) is 0. The first-order valence-electron chi connectivity index (χ1n) is 6.71. The molecule has 1 N–H and O–H groups in total. The van der Waals surface area contributed by atoms with Crippen molar-refractivity contribution in [2.45, 2.75) is 33.4 Å². The molecular formula is C16H18ClNO3. The Labute approximate surface area is 129 Å². The van der Waals surface area contributed by atoms with Gasteiger partial charge in [0, 0.05) is 5.02 Å². The fraction of sp³-hybridized carbons (Fsp3) is 0.312. The Morgan fingerprint density at radius 3 is 2.62 bits per heavy atom. The monoisotopic (exact) mass is 307 g/mol. The van der Waals surface area contributed by atoms with Gasteiger partial charge in [0.2, 0.25) is 0 Å². The van der Waals surface area contributed by atoms with Gasteiger partial charge in [0.05, 0.1) is 12.8 Å². The summed E-state index contributed by atoms with van der Waals surface area (Å²) >= 11 is 6.11. The van der Waals surface area contributed by atoms with Crippen LogP contribution in [0.25, 0.3) is 0 Å². The van der Waals surface area contributed by atoms with Gasteiger partial charge in [-0.3, -0.25) is 4.79 Å². The van der Waals surface area contributed by atoms with Crippen molar-refractivity contribution in [2.24, 2.45) is 0 Å². The number of rotatable bonds is 5. The van der Waals surface area contributed by atoms with Crippen LogP contribution in [0.3, 0.4) is 0 Å². The number of hydrogen-bond acceptors (Lipinski definition) is 3. The Morgan fingerprint density at radius 1 is 1.38 bits per heavy atom. The van der Waals surface area contributed by atoms with E-state index in [0.29, 0.717) is 18.1 Å². The van der Waals surface area contributed by atoms with E-state index in [1.54, 1.807) is 25.3 Å². The van der Waals surface area contributed by atoms with Crippen LogP contribution in [-0.2, 0) is 11.3 Å². The number of furan rings is 1. The van der Waals surface area contributed by atoms with Crippen LogP contribution in [0.2, 0.25) is 5.02 Å². The Morgan fingerprint density at radius 2 is 2.05 bits per heavy atom. The molecule has 5 heteroatoms. The summed E-state index contributed by atoms with van der Waals surface area (Å²) in [6.45, 7) is 5.86. The summed E-state index contributed by atoms with van der Waals surface area (Å²) in [6, 6.07) is 7.23. The zero-order valence-electron chi connectivity index (χ0n) is 12.3. The van der Waals surface area contributed by atoms with Gasteiger partial charge in [0.15, 0.2) is 6.10 Å². The first-order valence-corrected chi connectivity index (χ1v) is 7.08. The Balaban J connectivity index is 1.94. The highest BCUT2D eigenvalue weighted by Crippen LogP contribution is 2.26. The second-order valence-electron chi connectivity index (χ2n) is 4.93.